The zero-order chi connectivity index (χ0) is 24.4. The number of carbonyl (C=O) groups is 1. The van der Waals surface area contributed by atoms with Crippen LogP contribution < -0.4 is 5.32 Å². The fraction of sp³-hybridized carbons (Fsp3) is 0.192. The van der Waals surface area contributed by atoms with Crippen LogP contribution in [0.15, 0.2) is 84.3 Å². The molecule has 4 heterocycles. The van der Waals surface area contributed by atoms with Crippen LogP contribution in [0, 0.1) is 0 Å². The molecule has 0 aliphatic heterocycles. The first-order chi connectivity index (χ1) is 16.9. The molecule has 9 heteroatoms. The molecule has 0 bridgehead atoms. The number of anilines is 1. The second kappa shape index (κ2) is 9.34. The number of rotatable bonds is 6. The Kier molecular flexibility index (Phi) is 6.08. The first-order valence-electron chi connectivity index (χ1n) is 11.2. The van der Waals surface area contributed by atoms with Gasteiger partial charge in [-0.2, -0.15) is 9.78 Å². The summed E-state index contributed by atoms with van der Waals surface area (Å²) in [6.07, 6.45) is 7.32. The molecule has 0 aliphatic carbocycles. The molecule has 0 atom stereocenters. The quantitative estimate of drug-likeness (QED) is 0.336. The molecule has 0 saturated carbocycles. The van der Waals surface area contributed by atoms with Crippen molar-refractivity contribution in [3.63, 3.8) is 0 Å². The van der Waals surface area contributed by atoms with Gasteiger partial charge < -0.3 is 9.72 Å². The monoisotopic (exact) mass is 483 g/mol. The van der Waals surface area contributed by atoms with E-state index in [-0.39, 0.29) is 11.3 Å². The lowest BCUT2D eigenvalue weighted by Gasteiger charge is -2.13. The molecule has 0 fully saturated rings. The fourth-order valence-electron chi connectivity index (χ4n) is 3.49. The molecule has 0 radical (unpaired) electrons. The third-order valence-corrected chi connectivity index (χ3v) is 6.42. The molecule has 5 rings (SSSR count). The van der Waals surface area contributed by atoms with E-state index in [1.807, 2.05) is 65.3 Å². The largest absolute Gasteiger partial charge is 0.307 e. The minimum absolute atomic E-state index is 0.195. The highest BCUT2D eigenvalue weighted by atomic mass is 32.2. The summed E-state index contributed by atoms with van der Waals surface area (Å²) in [7, 11) is 0. The number of hydrogen-bond acceptors (Lipinski definition) is 6. The molecule has 0 saturated heterocycles. The Hall–Kier alpha value is -3.98. The maximum atomic E-state index is 13.0. The highest BCUT2D eigenvalue weighted by Crippen LogP contribution is 2.26. The first-order valence-corrected chi connectivity index (χ1v) is 12.2. The van der Waals surface area contributed by atoms with Crippen molar-refractivity contribution < 1.29 is 4.79 Å². The van der Waals surface area contributed by atoms with Crippen molar-refractivity contribution >= 4 is 29.1 Å². The predicted octanol–water partition coefficient (Wildman–Crippen LogP) is 5.15. The van der Waals surface area contributed by atoms with E-state index in [1.165, 1.54) is 0 Å². The van der Waals surface area contributed by atoms with Gasteiger partial charge in [-0.1, -0.05) is 26.8 Å². The number of thioether (sulfide) groups is 1. The maximum absolute atomic E-state index is 13.0. The summed E-state index contributed by atoms with van der Waals surface area (Å²) in [5.74, 6) is 1.45. The van der Waals surface area contributed by atoms with Gasteiger partial charge in [-0.3, -0.25) is 4.79 Å². The van der Waals surface area contributed by atoms with E-state index in [2.05, 4.69) is 46.1 Å². The van der Waals surface area contributed by atoms with Crippen molar-refractivity contribution in [2.75, 3.05) is 5.32 Å². The number of amides is 1. The Morgan fingerprint density at radius 3 is 2.51 bits per heavy atom. The number of aromatic nitrogens is 6. The number of pyridine rings is 1. The Morgan fingerprint density at radius 2 is 1.80 bits per heavy atom. The van der Waals surface area contributed by atoms with Crippen LogP contribution in [-0.2, 0) is 11.2 Å². The molecule has 8 nitrogen and oxygen atoms in total. The average Bonchev–Trinajstić information content (AvgIpc) is 3.47. The second-order valence-corrected chi connectivity index (χ2v) is 10.1. The molecule has 1 amide bonds. The van der Waals surface area contributed by atoms with Gasteiger partial charge in [-0.05, 0) is 42.5 Å². The molecule has 4 aromatic heterocycles. The molecular weight excluding hydrogens is 458 g/mol. The normalized spacial score (nSPS) is 11.6. The summed E-state index contributed by atoms with van der Waals surface area (Å²) >= 11 is 1.68. The van der Waals surface area contributed by atoms with Crippen LogP contribution in [-0.4, -0.2) is 35.0 Å². The highest BCUT2D eigenvalue weighted by Gasteiger charge is 2.22. The number of nitrogens with one attached hydrogen (secondary N) is 1. The van der Waals surface area contributed by atoms with Crippen molar-refractivity contribution in [2.24, 2.45) is 0 Å². The van der Waals surface area contributed by atoms with Crippen molar-refractivity contribution in [1.29, 1.82) is 0 Å². The van der Waals surface area contributed by atoms with Crippen LogP contribution in [0.5, 0.6) is 0 Å². The highest BCUT2D eigenvalue weighted by molar-refractivity contribution is 7.98. The average molecular weight is 484 g/mol. The number of fused-ring (bicyclic) bond motifs is 1. The van der Waals surface area contributed by atoms with Crippen molar-refractivity contribution in [1.82, 2.24) is 29.1 Å². The van der Waals surface area contributed by atoms with Crippen molar-refractivity contribution in [3.05, 3.63) is 96.3 Å². The molecule has 0 spiro atoms. The second-order valence-electron chi connectivity index (χ2n) is 9.09. The van der Waals surface area contributed by atoms with Gasteiger partial charge in [0.05, 0.1) is 11.4 Å². The van der Waals surface area contributed by atoms with Crippen LogP contribution >= 0.6 is 11.8 Å². The number of carbonyl (C=O) groups excluding carboxylic acids is 1. The Balaban J connectivity index is 1.30. The third-order valence-electron chi connectivity index (χ3n) is 5.38. The van der Waals surface area contributed by atoms with Crippen molar-refractivity contribution in [3.8, 4) is 5.95 Å². The lowest BCUT2D eigenvalue weighted by molar-refractivity contribution is 0.102. The first kappa shape index (κ1) is 22.8. The topological polar surface area (TPSA) is 90.0 Å². The molecule has 0 aliphatic rings. The third kappa shape index (κ3) is 5.09. The summed E-state index contributed by atoms with van der Waals surface area (Å²) in [5, 5.41) is 7.62. The van der Waals surface area contributed by atoms with Gasteiger partial charge in [0.2, 0.25) is 0 Å². The van der Waals surface area contributed by atoms with Crippen molar-refractivity contribution in [2.45, 2.75) is 36.8 Å². The smallest absolute Gasteiger partial charge is 0.256 e. The van der Waals surface area contributed by atoms with E-state index in [1.54, 1.807) is 34.9 Å². The van der Waals surface area contributed by atoms with Gasteiger partial charge in [0.25, 0.3) is 11.9 Å². The van der Waals surface area contributed by atoms with E-state index >= 15 is 0 Å². The fourth-order valence-corrected chi connectivity index (χ4v) is 4.28. The SMILES string of the molecule is CC(C)(C)c1cc(NC(=O)c2ccc(SCc3cn4ccccc4n3)cc2)n(-c2ncccn2)n1. The van der Waals surface area contributed by atoms with Gasteiger partial charge in [-0.15, -0.1) is 11.8 Å². The molecule has 176 valence electrons. The maximum Gasteiger partial charge on any atom is 0.256 e. The van der Waals surface area contributed by atoms with Gasteiger partial charge in [0, 0.05) is 52.5 Å². The minimum Gasteiger partial charge on any atom is -0.307 e. The van der Waals surface area contributed by atoms with Crippen LogP contribution in [0.25, 0.3) is 11.6 Å². The summed E-state index contributed by atoms with van der Waals surface area (Å²) in [6, 6.07) is 17.1. The summed E-state index contributed by atoms with van der Waals surface area (Å²) < 4.78 is 3.58. The number of hydrogen-bond donors (Lipinski definition) is 1. The van der Waals surface area contributed by atoms with E-state index in [0.29, 0.717) is 17.3 Å². The van der Waals surface area contributed by atoms with Gasteiger partial charge >= 0.3 is 0 Å². The standard InChI is InChI=1S/C26H25N7OS/c1-26(2,3)21-15-23(33(31-21)25-27-12-6-13-28-25)30-24(34)18-8-10-20(11-9-18)35-17-19-16-32-14-5-4-7-22(32)29-19/h4-16H,17H2,1-3H3,(H,30,34). The molecule has 1 aromatic carbocycles. The molecule has 5 aromatic rings. The van der Waals surface area contributed by atoms with E-state index in [0.717, 1.165) is 27.7 Å². The summed E-state index contributed by atoms with van der Waals surface area (Å²) in [5.41, 5.74) is 3.14. The van der Waals surface area contributed by atoms with Crippen LogP contribution in [0.2, 0.25) is 0 Å². The van der Waals surface area contributed by atoms with E-state index in [4.69, 9.17) is 0 Å². The summed E-state index contributed by atoms with van der Waals surface area (Å²) in [4.78, 5) is 27.3. The van der Waals surface area contributed by atoms with Crippen LogP contribution in [0.1, 0.15) is 42.5 Å². The Labute approximate surface area is 207 Å². The lowest BCUT2D eigenvalue weighted by Crippen LogP contribution is -2.16. The molecular formula is C26H25N7OS. The lowest BCUT2D eigenvalue weighted by atomic mass is 9.92. The zero-order valence-electron chi connectivity index (χ0n) is 19.7. The summed E-state index contributed by atoms with van der Waals surface area (Å²) in [6.45, 7) is 6.21. The molecule has 35 heavy (non-hydrogen) atoms. The number of imidazole rings is 1. The van der Waals surface area contributed by atoms with Crippen LogP contribution in [0.3, 0.4) is 0 Å². The predicted molar refractivity (Wildman–Crippen MR) is 137 cm³/mol. The minimum atomic E-state index is -0.223. The Bertz CT molecular complexity index is 1430. The van der Waals surface area contributed by atoms with E-state index < -0.39 is 0 Å². The van der Waals surface area contributed by atoms with Gasteiger partial charge in [0.1, 0.15) is 11.5 Å². The van der Waals surface area contributed by atoms with Gasteiger partial charge in [0.15, 0.2) is 0 Å². The van der Waals surface area contributed by atoms with Gasteiger partial charge in [-0.25, -0.2) is 15.0 Å². The molecule has 0 unspecified atom stereocenters. The number of benzene rings is 1. The van der Waals surface area contributed by atoms with Crippen LogP contribution in [0.4, 0.5) is 5.82 Å². The van der Waals surface area contributed by atoms with E-state index in [9.17, 15) is 4.79 Å². The number of nitrogens with zero attached hydrogens (tertiary/aromatic N) is 6. The Morgan fingerprint density at radius 1 is 1.03 bits per heavy atom. The molecule has 1 N–H and O–H groups in total. The zero-order valence-corrected chi connectivity index (χ0v) is 20.5.